The number of rotatable bonds is 15. The van der Waals surface area contributed by atoms with Crippen LogP contribution >= 0.6 is 0 Å². The number of nitrogens with one attached hydrogen (secondary N) is 5. The van der Waals surface area contributed by atoms with Crippen molar-refractivity contribution < 1.29 is 39.0 Å². The van der Waals surface area contributed by atoms with Gasteiger partial charge in [-0.05, 0) is 66.1 Å². The molecule has 5 amide bonds. The molecule has 310 valence electrons. The van der Waals surface area contributed by atoms with Crippen molar-refractivity contribution in [2.75, 3.05) is 13.1 Å². The number of carboxylic acids is 1. The van der Waals surface area contributed by atoms with Gasteiger partial charge in [0.25, 0.3) is 0 Å². The summed E-state index contributed by atoms with van der Waals surface area (Å²) < 4.78 is 0. The van der Waals surface area contributed by atoms with Crippen molar-refractivity contribution in [1.82, 2.24) is 26.6 Å². The molecule has 1 heterocycles. The number of guanidine groups is 2. The van der Waals surface area contributed by atoms with E-state index < -0.39 is 72.1 Å². The molecule has 1 aliphatic heterocycles. The summed E-state index contributed by atoms with van der Waals surface area (Å²) in [4.78, 5) is 90.0. The minimum Gasteiger partial charge on any atom is -0.508 e. The van der Waals surface area contributed by atoms with Crippen LogP contribution in [0.15, 0.2) is 76.7 Å². The summed E-state index contributed by atoms with van der Waals surface area (Å²) >= 11 is 0. The van der Waals surface area contributed by atoms with E-state index in [0.29, 0.717) is 11.1 Å². The molecule has 0 bridgehead atoms. The first-order chi connectivity index (χ1) is 27.7. The van der Waals surface area contributed by atoms with Gasteiger partial charge in [-0.3, -0.25) is 38.8 Å². The van der Waals surface area contributed by atoms with Crippen LogP contribution in [0.4, 0.5) is 0 Å². The molecule has 1 saturated heterocycles. The third-order valence-corrected chi connectivity index (χ3v) is 9.33. The van der Waals surface area contributed by atoms with Gasteiger partial charge in [-0.25, -0.2) is 0 Å². The highest BCUT2D eigenvalue weighted by atomic mass is 16.4. The number of nitrogens with zero attached hydrogens (tertiary/aromatic N) is 2. The molecule has 0 spiro atoms. The van der Waals surface area contributed by atoms with Crippen molar-refractivity contribution in [2.45, 2.75) is 81.6 Å². The number of fused-ring (bicyclic) bond motifs is 1. The first kappa shape index (κ1) is 43.8. The number of carbonyl (C=O) groups excluding carboxylic acids is 5. The van der Waals surface area contributed by atoms with E-state index in [9.17, 15) is 39.0 Å². The lowest BCUT2D eigenvalue weighted by Crippen LogP contribution is -2.58. The number of hydrogen-bond acceptors (Lipinski definition) is 9. The summed E-state index contributed by atoms with van der Waals surface area (Å²) in [7, 11) is 0. The topological polar surface area (TPSA) is 332 Å². The third kappa shape index (κ3) is 14.0. The van der Waals surface area contributed by atoms with Gasteiger partial charge in [-0.15, -0.1) is 0 Å². The maximum Gasteiger partial charge on any atom is 0.303 e. The fraction of sp³-hybridized carbons (Fsp3) is 0.385. The van der Waals surface area contributed by atoms with Gasteiger partial charge in [0, 0.05) is 32.4 Å². The van der Waals surface area contributed by atoms with Crippen LogP contribution in [0.3, 0.4) is 0 Å². The number of carboxylic acid groups (broad SMARTS) is 1. The summed E-state index contributed by atoms with van der Waals surface area (Å²) in [5.74, 6) is -5.63. The van der Waals surface area contributed by atoms with Crippen LogP contribution in [0.2, 0.25) is 0 Å². The highest BCUT2D eigenvalue weighted by molar-refractivity contribution is 5.98. The van der Waals surface area contributed by atoms with Crippen molar-refractivity contribution in [3.05, 3.63) is 77.9 Å². The number of aromatic hydroxyl groups is 1. The third-order valence-electron chi connectivity index (χ3n) is 9.33. The number of aliphatic carboxylic acids is 1. The average Bonchev–Trinajstić information content (AvgIpc) is 3.18. The number of nitrogens with two attached hydrogens (primary N) is 4. The first-order valence-electron chi connectivity index (χ1n) is 18.8. The van der Waals surface area contributed by atoms with Gasteiger partial charge < -0.3 is 59.7 Å². The predicted octanol–water partition coefficient (Wildman–Crippen LogP) is -1.26. The van der Waals surface area contributed by atoms with Crippen molar-refractivity contribution in [3.8, 4) is 5.75 Å². The van der Waals surface area contributed by atoms with Crippen molar-refractivity contribution in [2.24, 2.45) is 32.9 Å². The highest BCUT2D eigenvalue weighted by Crippen LogP contribution is 2.18. The molecular weight excluding hydrogens is 750 g/mol. The zero-order valence-corrected chi connectivity index (χ0v) is 31.9. The first-order valence-corrected chi connectivity index (χ1v) is 18.8. The van der Waals surface area contributed by atoms with Gasteiger partial charge in [-0.1, -0.05) is 54.6 Å². The fourth-order valence-corrected chi connectivity index (χ4v) is 6.33. The van der Waals surface area contributed by atoms with Gasteiger partial charge in [0.15, 0.2) is 11.9 Å². The minimum absolute atomic E-state index is 0.00242. The van der Waals surface area contributed by atoms with E-state index in [2.05, 4.69) is 36.6 Å². The number of hydrogen-bond donors (Lipinski definition) is 11. The van der Waals surface area contributed by atoms with Gasteiger partial charge in [0.2, 0.25) is 29.5 Å². The number of phenolic OH excluding ortho intramolecular Hbond substituents is 1. The van der Waals surface area contributed by atoms with Crippen LogP contribution in [0.25, 0.3) is 10.8 Å². The standard InChI is InChI=1S/C39H51N11O8/c40-38(41)44-17-3-7-27-33(54)46-28(8-4-18-45-39(42)43)34(55)50-31(21-23-9-12-24-5-1-2-6-25(24)19-23)37(58)48-29(15-16-32(52)53)35(56)49-30(36(57)47-27)20-22-10-13-26(51)14-11-22/h1-2,5-6,9-14,19,27-31,51H,3-4,7-8,15-18,20-21H2,(H,46,54)(H,47,57)(H,48,58)(H,49,56)(H,50,55)(H,52,53)(H4,40,41,44)(H4,42,43,45)/t27-,28-,29+,30+,31-/m0/s1. The molecule has 0 radical (unpaired) electrons. The molecule has 3 aromatic rings. The Morgan fingerprint density at radius 2 is 0.966 bits per heavy atom. The summed E-state index contributed by atoms with van der Waals surface area (Å²) in [6.07, 6.45) is -0.611. The zero-order valence-electron chi connectivity index (χ0n) is 31.9. The monoisotopic (exact) mass is 801 g/mol. The summed E-state index contributed by atoms with van der Waals surface area (Å²) in [6.45, 7) is 0.215. The number of amides is 5. The van der Waals surface area contributed by atoms with Crippen LogP contribution in [-0.2, 0) is 41.6 Å². The molecule has 15 N–H and O–H groups in total. The van der Waals surface area contributed by atoms with Crippen LogP contribution in [0, 0.1) is 0 Å². The van der Waals surface area contributed by atoms with E-state index in [1.165, 1.54) is 24.3 Å². The Morgan fingerprint density at radius 3 is 1.45 bits per heavy atom. The van der Waals surface area contributed by atoms with Gasteiger partial charge >= 0.3 is 5.97 Å². The van der Waals surface area contributed by atoms with Crippen molar-refractivity contribution in [1.29, 1.82) is 0 Å². The van der Waals surface area contributed by atoms with Gasteiger partial charge in [0.1, 0.15) is 36.0 Å². The quantitative estimate of drug-likeness (QED) is 0.0488. The Kier molecular flexibility index (Phi) is 16.2. The van der Waals surface area contributed by atoms with E-state index in [-0.39, 0.29) is 75.7 Å². The largest absolute Gasteiger partial charge is 0.508 e. The lowest BCUT2D eigenvalue weighted by atomic mass is 9.99. The van der Waals surface area contributed by atoms with E-state index in [1.807, 2.05) is 36.4 Å². The zero-order chi connectivity index (χ0) is 42.2. The molecule has 5 atom stereocenters. The van der Waals surface area contributed by atoms with E-state index in [1.54, 1.807) is 6.07 Å². The second-order valence-corrected chi connectivity index (χ2v) is 13.9. The molecule has 19 heteroatoms. The van der Waals surface area contributed by atoms with Crippen LogP contribution in [0.1, 0.15) is 49.7 Å². The predicted molar refractivity (Wildman–Crippen MR) is 216 cm³/mol. The maximum atomic E-state index is 14.2. The molecule has 58 heavy (non-hydrogen) atoms. The molecule has 3 aromatic carbocycles. The lowest BCUT2D eigenvalue weighted by molar-refractivity contribution is -0.138. The summed E-state index contributed by atoms with van der Waals surface area (Å²) in [6, 6.07) is 12.2. The molecule has 4 rings (SSSR count). The fourth-order valence-electron chi connectivity index (χ4n) is 6.33. The van der Waals surface area contributed by atoms with E-state index >= 15 is 0 Å². The normalized spacial score (nSPS) is 20.6. The summed E-state index contributed by atoms with van der Waals surface area (Å²) in [5.41, 5.74) is 23.1. The Morgan fingerprint density at radius 1 is 0.552 bits per heavy atom. The van der Waals surface area contributed by atoms with E-state index in [4.69, 9.17) is 22.9 Å². The second kappa shape index (κ2) is 21.4. The molecule has 0 aliphatic carbocycles. The minimum atomic E-state index is -1.47. The summed E-state index contributed by atoms with van der Waals surface area (Å²) in [5, 5.41) is 34.6. The Labute approximate surface area is 334 Å². The van der Waals surface area contributed by atoms with Gasteiger partial charge in [-0.2, -0.15) is 0 Å². The van der Waals surface area contributed by atoms with Crippen LogP contribution in [-0.4, -0.2) is 101 Å². The smallest absolute Gasteiger partial charge is 0.303 e. The second-order valence-electron chi connectivity index (χ2n) is 13.9. The Hall–Kier alpha value is -6.92. The number of aliphatic imine (C=N–C) groups is 2. The molecule has 0 unspecified atom stereocenters. The van der Waals surface area contributed by atoms with Crippen LogP contribution in [0.5, 0.6) is 5.75 Å². The molecule has 19 nitrogen and oxygen atoms in total. The number of phenols is 1. The lowest BCUT2D eigenvalue weighted by Gasteiger charge is -2.26. The SMILES string of the molecule is NC(N)=NCCC[C@@H]1NC(=O)[C@H](CCCN=C(N)N)NC(=O)[C@@H](Cc2ccc(O)cc2)NC(=O)[C@@H](CCC(=O)O)NC(=O)[C@H](Cc2ccc3ccccc3c2)NC1=O. The maximum absolute atomic E-state index is 14.2. The highest BCUT2D eigenvalue weighted by Gasteiger charge is 2.35. The van der Waals surface area contributed by atoms with Crippen LogP contribution < -0.4 is 49.5 Å². The van der Waals surface area contributed by atoms with E-state index in [0.717, 1.165) is 10.8 Å². The number of carbonyl (C=O) groups is 6. The number of benzene rings is 3. The average molecular weight is 802 g/mol. The Bertz CT molecular complexity index is 2000. The molecule has 0 saturated carbocycles. The molecular formula is C39H51N11O8. The van der Waals surface area contributed by atoms with Gasteiger partial charge in [0.05, 0.1) is 0 Å². The molecule has 0 aromatic heterocycles. The van der Waals surface area contributed by atoms with Crippen molar-refractivity contribution in [3.63, 3.8) is 0 Å². The Balaban J connectivity index is 1.78. The van der Waals surface area contributed by atoms with Crippen molar-refractivity contribution >= 4 is 58.2 Å². The molecule has 1 aliphatic rings. The molecule has 1 fully saturated rings.